The Morgan fingerprint density at radius 1 is 1.11 bits per heavy atom. The van der Waals surface area contributed by atoms with Gasteiger partial charge in [0.2, 0.25) is 0 Å². The third-order valence-electron chi connectivity index (χ3n) is 4.28. The molecular weight excluding hydrogens is 363 g/mol. The van der Waals surface area contributed by atoms with Gasteiger partial charge in [-0.2, -0.15) is 0 Å². The number of carbonyl (C=O) groups is 1. The highest BCUT2D eigenvalue weighted by molar-refractivity contribution is 6.04. The van der Waals surface area contributed by atoms with Gasteiger partial charge < -0.3 is 10.1 Å². The lowest BCUT2D eigenvalue weighted by Crippen LogP contribution is -2.15. The van der Waals surface area contributed by atoms with Crippen molar-refractivity contribution in [3.63, 3.8) is 0 Å². The smallest absolute Gasteiger partial charge is 0.258 e. The molecule has 28 heavy (non-hydrogen) atoms. The van der Waals surface area contributed by atoms with Crippen molar-refractivity contribution in [2.24, 2.45) is 5.18 Å². The predicted octanol–water partition coefficient (Wildman–Crippen LogP) is 4.04. The zero-order valence-corrected chi connectivity index (χ0v) is 15.2. The molecule has 0 fully saturated rings. The number of benzene rings is 1. The summed E-state index contributed by atoms with van der Waals surface area (Å²) < 4.78 is 18.7. The molecule has 2 heterocycles. The average Bonchev–Trinajstić information content (AvgIpc) is 2.72. The molecule has 1 unspecified atom stereocenters. The Hall–Kier alpha value is -3.68. The molecular formula is C20H17FN4O3. The van der Waals surface area contributed by atoms with Crippen LogP contribution in [-0.4, -0.2) is 23.0 Å². The second kappa shape index (κ2) is 8.34. The molecule has 0 aliphatic rings. The van der Waals surface area contributed by atoms with Gasteiger partial charge in [0, 0.05) is 23.5 Å². The van der Waals surface area contributed by atoms with Gasteiger partial charge in [-0.15, -0.1) is 4.91 Å². The van der Waals surface area contributed by atoms with E-state index in [1.165, 1.54) is 19.3 Å². The number of halogens is 1. The maximum absolute atomic E-state index is 13.6. The lowest BCUT2D eigenvalue weighted by atomic mass is 10.0. The van der Waals surface area contributed by atoms with Crippen LogP contribution in [0.5, 0.6) is 5.75 Å². The largest absolute Gasteiger partial charge is 0.497 e. The van der Waals surface area contributed by atoms with Crippen molar-refractivity contribution >= 4 is 11.7 Å². The first-order valence-corrected chi connectivity index (χ1v) is 8.37. The lowest BCUT2D eigenvalue weighted by molar-refractivity contribution is 0.102. The van der Waals surface area contributed by atoms with Crippen LogP contribution in [0.3, 0.4) is 0 Å². The minimum absolute atomic E-state index is 0.122. The molecule has 2 aromatic heterocycles. The van der Waals surface area contributed by atoms with Gasteiger partial charge in [0.05, 0.1) is 18.9 Å². The Morgan fingerprint density at radius 2 is 1.82 bits per heavy atom. The number of hydrogen-bond acceptors (Lipinski definition) is 6. The molecule has 142 valence electrons. The van der Waals surface area contributed by atoms with Crippen LogP contribution in [0.25, 0.3) is 0 Å². The summed E-state index contributed by atoms with van der Waals surface area (Å²) in [5, 5.41) is 5.76. The molecule has 1 atom stereocenters. The molecule has 0 spiro atoms. The van der Waals surface area contributed by atoms with Crippen LogP contribution in [-0.2, 0) is 0 Å². The standard InChI is InChI=1S/C20H17FN4O3/c1-12-16(10-22-11-17(12)21)20(26)24-18-8-5-14(9-23-18)19(25-27)13-3-6-15(28-2)7-4-13/h3-11,19H,1-2H3,(H,23,24,26). The number of ether oxygens (including phenoxy) is 1. The normalized spacial score (nSPS) is 11.5. The minimum atomic E-state index is -0.738. The van der Waals surface area contributed by atoms with Crippen LogP contribution in [0, 0.1) is 17.6 Å². The quantitative estimate of drug-likeness (QED) is 0.652. The van der Waals surface area contributed by atoms with Crippen molar-refractivity contribution in [2.75, 3.05) is 12.4 Å². The molecule has 0 aliphatic carbocycles. The van der Waals surface area contributed by atoms with Gasteiger partial charge in [-0.05, 0) is 30.7 Å². The van der Waals surface area contributed by atoms with Crippen LogP contribution in [0.4, 0.5) is 10.2 Å². The summed E-state index contributed by atoms with van der Waals surface area (Å²) in [6.07, 6.45) is 3.80. The van der Waals surface area contributed by atoms with Crippen molar-refractivity contribution in [2.45, 2.75) is 13.0 Å². The second-order valence-corrected chi connectivity index (χ2v) is 6.01. The first-order chi connectivity index (χ1) is 13.5. The summed E-state index contributed by atoms with van der Waals surface area (Å²) >= 11 is 0. The number of nitroso groups, excluding NO2 is 1. The molecule has 7 nitrogen and oxygen atoms in total. The van der Waals surface area contributed by atoms with Gasteiger partial charge in [0.1, 0.15) is 23.4 Å². The Balaban J connectivity index is 1.77. The summed E-state index contributed by atoms with van der Waals surface area (Å²) in [6, 6.07) is 9.45. The van der Waals surface area contributed by atoms with E-state index in [1.54, 1.807) is 43.5 Å². The fraction of sp³-hybridized carbons (Fsp3) is 0.150. The van der Waals surface area contributed by atoms with Crippen LogP contribution in [0.15, 0.2) is 60.2 Å². The number of hydrogen-bond donors (Lipinski definition) is 1. The molecule has 3 aromatic rings. The fourth-order valence-electron chi connectivity index (χ4n) is 2.65. The number of rotatable bonds is 6. The third-order valence-corrected chi connectivity index (χ3v) is 4.28. The van der Waals surface area contributed by atoms with Crippen molar-refractivity contribution in [1.82, 2.24) is 9.97 Å². The van der Waals surface area contributed by atoms with E-state index < -0.39 is 17.8 Å². The van der Waals surface area contributed by atoms with Gasteiger partial charge in [-0.3, -0.25) is 9.78 Å². The summed E-state index contributed by atoms with van der Waals surface area (Å²) in [7, 11) is 1.56. The molecule has 0 bridgehead atoms. The predicted molar refractivity (Wildman–Crippen MR) is 102 cm³/mol. The van der Waals surface area contributed by atoms with Crippen molar-refractivity contribution in [3.05, 3.63) is 88.0 Å². The highest BCUT2D eigenvalue weighted by atomic mass is 19.1. The topological polar surface area (TPSA) is 93.5 Å². The van der Waals surface area contributed by atoms with E-state index >= 15 is 0 Å². The molecule has 0 radical (unpaired) electrons. The van der Waals surface area contributed by atoms with E-state index in [9.17, 15) is 14.1 Å². The number of nitrogens with one attached hydrogen (secondary N) is 1. The lowest BCUT2D eigenvalue weighted by Gasteiger charge is -2.12. The number of anilines is 1. The maximum atomic E-state index is 13.6. The van der Waals surface area contributed by atoms with Crippen LogP contribution in [0.1, 0.15) is 33.1 Å². The van der Waals surface area contributed by atoms with Crippen LogP contribution < -0.4 is 10.1 Å². The highest BCUT2D eigenvalue weighted by Gasteiger charge is 2.17. The molecule has 1 aromatic carbocycles. The Kier molecular flexibility index (Phi) is 5.69. The first kappa shape index (κ1) is 19.1. The molecule has 1 N–H and O–H groups in total. The number of methoxy groups -OCH3 is 1. The van der Waals surface area contributed by atoms with E-state index in [1.807, 2.05) is 0 Å². The molecule has 0 aliphatic heterocycles. The van der Waals surface area contributed by atoms with Gasteiger partial charge in [0.15, 0.2) is 0 Å². The SMILES string of the molecule is COc1ccc(C(N=O)c2ccc(NC(=O)c3cncc(F)c3C)nc2)cc1. The zero-order chi connectivity index (χ0) is 20.1. The summed E-state index contributed by atoms with van der Waals surface area (Å²) in [5.74, 6) is -0.149. The molecule has 3 rings (SSSR count). The Morgan fingerprint density at radius 3 is 2.43 bits per heavy atom. The van der Waals surface area contributed by atoms with Gasteiger partial charge >= 0.3 is 0 Å². The van der Waals surface area contributed by atoms with Gasteiger partial charge in [-0.25, -0.2) is 9.37 Å². The number of pyridine rings is 2. The number of carbonyl (C=O) groups excluding carboxylic acids is 1. The summed E-state index contributed by atoms with van der Waals surface area (Å²) in [6.45, 7) is 1.50. The Bertz CT molecular complexity index is 991. The second-order valence-electron chi connectivity index (χ2n) is 6.01. The van der Waals surface area contributed by atoms with Crippen molar-refractivity contribution < 1.29 is 13.9 Å². The molecule has 0 saturated carbocycles. The number of aromatic nitrogens is 2. The maximum Gasteiger partial charge on any atom is 0.258 e. The van der Waals surface area contributed by atoms with Crippen molar-refractivity contribution in [1.29, 1.82) is 0 Å². The molecule has 1 amide bonds. The van der Waals surface area contributed by atoms with E-state index in [4.69, 9.17) is 4.74 Å². The monoisotopic (exact) mass is 380 g/mol. The third kappa shape index (κ3) is 4.01. The number of nitrogens with zero attached hydrogens (tertiary/aromatic N) is 3. The van der Waals surface area contributed by atoms with Crippen LogP contribution >= 0.6 is 0 Å². The van der Waals surface area contributed by atoms with E-state index in [0.717, 1.165) is 6.20 Å². The van der Waals surface area contributed by atoms with E-state index in [2.05, 4.69) is 20.5 Å². The summed E-state index contributed by atoms with van der Waals surface area (Å²) in [5.41, 5.74) is 1.59. The Labute approximate surface area is 160 Å². The zero-order valence-electron chi connectivity index (χ0n) is 15.2. The molecule has 8 heteroatoms. The molecule has 0 saturated heterocycles. The van der Waals surface area contributed by atoms with Gasteiger partial charge in [0.25, 0.3) is 5.91 Å². The van der Waals surface area contributed by atoms with E-state index in [0.29, 0.717) is 16.9 Å². The highest BCUT2D eigenvalue weighted by Crippen LogP contribution is 2.27. The summed E-state index contributed by atoms with van der Waals surface area (Å²) in [4.78, 5) is 31.5. The van der Waals surface area contributed by atoms with Gasteiger partial charge in [-0.1, -0.05) is 23.4 Å². The van der Waals surface area contributed by atoms with Crippen LogP contribution in [0.2, 0.25) is 0 Å². The average molecular weight is 380 g/mol. The van der Waals surface area contributed by atoms with Crippen molar-refractivity contribution in [3.8, 4) is 5.75 Å². The van der Waals surface area contributed by atoms with E-state index in [-0.39, 0.29) is 16.9 Å². The number of amides is 1. The fourth-order valence-corrected chi connectivity index (χ4v) is 2.65. The minimum Gasteiger partial charge on any atom is -0.497 e. The first-order valence-electron chi connectivity index (χ1n) is 8.37.